The minimum Gasteiger partial charge on any atom is -0.135 e. The quantitative estimate of drug-likeness (QED) is 0.306. The fourth-order valence-electron chi connectivity index (χ4n) is 3.67. The van der Waals surface area contributed by atoms with Crippen molar-refractivity contribution >= 4 is 31.5 Å². The zero-order valence-corrected chi connectivity index (χ0v) is 15.4. The molecule has 124 valence electrons. The first kappa shape index (κ1) is 15.4. The summed E-state index contributed by atoms with van der Waals surface area (Å²) in [6.07, 6.45) is 0. The monoisotopic (exact) mass is 350 g/mol. The van der Waals surface area contributed by atoms with Crippen LogP contribution in [0.25, 0.3) is 42.4 Å². The Labute approximate surface area is 157 Å². The van der Waals surface area contributed by atoms with Crippen LogP contribution >= 0.6 is 11.3 Å². The predicted octanol–water partition coefficient (Wildman–Crippen LogP) is 7.70. The van der Waals surface area contributed by atoms with Crippen molar-refractivity contribution in [3.63, 3.8) is 0 Å². The minimum absolute atomic E-state index is 1.27. The van der Waals surface area contributed by atoms with Gasteiger partial charge in [-0.15, -0.1) is 11.3 Å². The molecule has 0 fully saturated rings. The lowest BCUT2D eigenvalue weighted by Crippen LogP contribution is -1.84. The zero-order valence-electron chi connectivity index (χ0n) is 14.6. The van der Waals surface area contributed by atoms with E-state index in [9.17, 15) is 0 Å². The Morgan fingerprint density at radius 3 is 2.19 bits per heavy atom. The second-order valence-corrected chi connectivity index (χ2v) is 7.79. The molecule has 4 aromatic carbocycles. The van der Waals surface area contributed by atoms with E-state index in [0.29, 0.717) is 0 Å². The number of hydrogen-bond acceptors (Lipinski definition) is 1. The Balaban J connectivity index is 1.65. The van der Waals surface area contributed by atoms with Crippen molar-refractivity contribution in [2.75, 3.05) is 0 Å². The Morgan fingerprint density at radius 2 is 1.27 bits per heavy atom. The molecule has 0 nitrogen and oxygen atoms in total. The maximum Gasteiger partial charge on any atom is 0.0361 e. The van der Waals surface area contributed by atoms with Gasteiger partial charge in [0.2, 0.25) is 0 Å². The van der Waals surface area contributed by atoms with E-state index in [2.05, 4.69) is 97.9 Å². The van der Waals surface area contributed by atoms with Crippen LogP contribution in [0.15, 0.2) is 91.0 Å². The summed E-state index contributed by atoms with van der Waals surface area (Å²) in [7, 11) is 0. The lowest BCUT2D eigenvalue weighted by molar-refractivity contribution is 1.46. The highest BCUT2D eigenvalue weighted by molar-refractivity contribution is 7.25. The van der Waals surface area contributed by atoms with Crippen LogP contribution in [0, 0.1) is 6.92 Å². The molecule has 0 aliphatic carbocycles. The molecule has 1 heteroatoms. The molecule has 0 unspecified atom stereocenters. The molecule has 0 aliphatic heterocycles. The van der Waals surface area contributed by atoms with Gasteiger partial charge >= 0.3 is 0 Å². The van der Waals surface area contributed by atoms with Crippen LogP contribution in [0.3, 0.4) is 0 Å². The summed E-state index contributed by atoms with van der Waals surface area (Å²) in [6, 6.07) is 32.9. The summed E-state index contributed by atoms with van der Waals surface area (Å²) in [5.74, 6) is 0. The third kappa shape index (κ3) is 2.53. The summed E-state index contributed by atoms with van der Waals surface area (Å²) in [4.78, 5) is 0. The molecule has 0 saturated carbocycles. The topological polar surface area (TPSA) is 0 Å². The van der Waals surface area contributed by atoms with Gasteiger partial charge in [0, 0.05) is 20.2 Å². The maximum absolute atomic E-state index is 2.33. The van der Waals surface area contributed by atoms with Crippen molar-refractivity contribution in [1.29, 1.82) is 0 Å². The van der Waals surface area contributed by atoms with Gasteiger partial charge in [-0.05, 0) is 52.9 Å². The zero-order chi connectivity index (χ0) is 17.5. The standard InChI is InChI=1S/C25H18S/c1-17-7-2-3-10-21(17)20-9-6-8-18(15-20)19-13-14-23-22-11-4-5-12-24(22)26-25(23)16-19/h2-16H,1H3. The summed E-state index contributed by atoms with van der Waals surface area (Å²) in [5, 5.41) is 2.71. The van der Waals surface area contributed by atoms with Gasteiger partial charge in [-0.2, -0.15) is 0 Å². The first-order valence-corrected chi connectivity index (χ1v) is 9.69. The second-order valence-electron chi connectivity index (χ2n) is 6.70. The molecule has 0 bridgehead atoms. The van der Waals surface area contributed by atoms with Gasteiger partial charge in [-0.25, -0.2) is 0 Å². The summed E-state index contributed by atoms with van der Waals surface area (Å²) >= 11 is 1.87. The summed E-state index contributed by atoms with van der Waals surface area (Å²) in [5.41, 5.74) is 6.43. The SMILES string of the molecule is Cc1ccccc1-c1cccc(-c2ccc3c(c2)sc2ccccc23)c1. The van der Waals surface area contributed by atoms with Gasteiger partial charge in [0.25, 0.3) is 0 Å². The van der Waals surface area contributed by atoms with E-state index in [4.69, 9.17) is 0 Å². The number of fused-ring (bicyclic) bond motifs is 3. The van der Waals surface area contributed by atoms with Gasteiger partial charge in [0.1, 0.15) is 0 Å². The molecule has 0 amide bonds. The normalized spacial score (nSPS) is 11.3. The van der Waals surface area contributed by atoms with E-state index in [0.717, 1.165) is 0 Å². The van der Waals surface area contributed by atoms with Crippen LogP contribution in [0.2, 0.25) is 0 Å². The van der Waals surface area contributed by atoms with Crippen LogP contribution in [-0.4, -0.2) is 0 Å². The van der Waals surface area contributed by atoms with Gasteiger partial charge in [-0.1, -0.05) is 72.8 Å². The van der Waals surface area contributed by atoms with Crippen LogP contribution in [0.5, 0.6) is 0 Å². The fourth-order valence-corrected chi connectivity index (χ4v) is 4.81. The number of aryl methyl sites for hydroxylation is 1. The highest BCUT2D eigenvalue weighted by atomic mass is 32.1. The molecule has 5 rings (SSSR count). The van der Waals surface area contributed by atoms with Crippen LogP contribution < -0.4 is 0 Å². The van der Waals surface area contributed by atoms with Gasteiger partial charge in [0.05, 0.1) is 0 Å². The van der Waals surface area contributed by atoms with Gasteiger partial charge in [0.15, 0.2) is 0 Å². The van der Waals surface area contributed by atoms with Crippen LogP contribution in [-0.2, 0) is 0 Å². The highest BCUT2D eigenvalue weighted by Crippen LogP contribution is 2.37. The molecule has 5 aromatic rings. The van der Waals surface area contributed by atoms with Crippen LogP contribution in [0.4, 0.5) is 0 Å². The molecule has 0 saturated heterocycles. The smallest absolute Gasteiger partial charge is 0.0361 e. The predicted molar refractivity (Wildman–Crippen MR) is 115 cm³/mol. The molecular formula is C25H18S. The van der Waals surface area contributed by atoms with E-state index in [1.807, 2.05) is 11.3 Å². The molecule has 26 heavy (non-hydrogen) atoms. The van der Waals surface area contributed by atoms with E-state index >= 15 is 0 Å². The molecule has 1 heterocycles. The Kier molecular flexibility index (Phi) is 3.62. The Morgan fingerprint density at radius 1 is 0.538 bits per heavy atom. The minimum atomic E-state index is 1.27. The van der Waals surface area contributed by atoms with E-state index in [-0.39, 0.29) is 0 Å². The molecular weight excluding hydrogens is 332 g/mol. The second kappa shape index (κ2) is 6.12. The Hall–Kier alpha value is -2.90. The van der Waals surface area contributed by atoms with Crippen LogP contribution in [0.1, 0.15) is 5.56 Å². The number of rotatable bonds is 2. The lowest BCUT2D eigenvalue weighted by atomic mass is 9.96. The molecule has 0 N–H and O–H groups in total. The molecule has 0 spiro atoms. The fraction of sp³-hybridized carbons (Fsp3) is 0.0400. The third-order valence-electron chi connectivity index (χ3n) is 5.03. The average molecular weight is 350 g/mol. The van der Waals surface area contributed by atoms with Crippen molar-refractivity contribution in [3.8, 4) is 22.3 Å². The lowest BCUT2D eigenvalue weighted by Gasteiger charge is -2.09. The van der Waals surface area contributed by atoms with Gasteiger partial charge in [-0.3, -0.25) is 0 Å². The molecule has 1 aromatic heterocycles. The van der Waals surface area contributed by atoms with Crippen molar-refractivity contribution in [1.82, 2.24) is 0 Å². The molecule has 0 radical (unpaired) electrons. The highest BCUT2D eigenvalue weighted by Gasteiger charge is 2.08. The molecule has 0 atom stereocenters. The van der Waals surface area contributed by atoms with E-state index < -0.39 is 0 Å². The number of thiophene rings is 1. The average Bonchev–Trinajstić information content (AvgIpc) is 3.06. The van der Waals surface area contributed by atoms with E-state index in [1.165, 1.54) is 48.0 Å². The Bertz CT molecular complexity index is 1240. The number of benzene rings is 4. The summed E-state index contributed by atoms with van der Waals surface area (Å²) < 4.78 is 2.71. The van der Waals surface area contributed by atoms with Crippen molar-refractivity contribution in [2.24, 2.45) is 0 Å². The van der Waals surface area contributed by atoms with Gasteiger partial charge < -0.3 is 0 Å². The van der Waals surface area contributed by atoms with E-state index in [1.54, 1.807) is 0 Å². The maximum atomic E-state index is 2.33. The summed E-state index contributed by atoms with van der Waals surface area (Å²) in [6.45, 7) is 2.17. The largest absolute Gasteiger partial charge is 0.135 e. The first-order valence-electron chi connectivity index (χ1n) is 8.87. The third-order valence-corrected chi connectivity index (χ3v) is 6.16. The van der Waals surface area contributed by atoms with Crippen molar-refractivity contribution in [3.05, 3.63) is 96.6 Å². The number of hydrogen-bond donors (Lipinski definition) is 0. The van der Waals surface area contributed by atoms with Crippen molar-refractivity contribution in [2.45, 2.75) is 6.92 Å². The molecule has 0 aliphatic rings. The van der Waals surface area contributed by atoms with Crippen molar-refractivity contribution < 1.29 is 0 Å². The first-order chi connectivity index (χ1) is 12.8.